The summed E-state index contributed by atoms with van der Waals surface area (Å²) in [7, 11) is 0. The molecule has 0 spiro atoms. The van der Waals surface area contributed by atoms with Crippen LogP contribution in [0.3, 0.4) is 0 Å². The number of anilines is 1. The Balaban J connectivity index is 2.29. The maximum absolute atomic E-state index is 11.2. The number of aryl methyl sites for hydroxylation is 2. The molecule has 0 saturated carbocycles. The number of nitrogens with two attached hydrogens (primary N) is 1. The Bertz CT molecular complexity index is 678. The van der Waals surface area contributed by atoms with E-state index in [0.29, 0.717) is 10.8 Å². The van der Waals surface area contributed by atoms with Crippen LogP contribution in [-0.2, 0) is 5.75 Å². The number of nitro groups is 1. The first-order valence-corrected chi connectivity index (χ1v) is 7.18. The molecule has 0 atom stereocenters. The van der Waals surface area contributed by atoms with E-state index in [1.54, 1.807) is 6.92 Å². The van der Waals surface area contributed by atoms with E-state index in [9.17, 15) is 10.1 Å². The quantitative estimate of drug-likeness (QED) is 0.287. The molecule has 7 nitrogen and oxygen atoms in total. The molecule has 2 aromatic rings. The van der Waals surface area contributed by atoms with Crippen LogP contribution in [0.1, 0.15) is 16.8 Å². The van der Waals surface area contributed by atoms with Crippen LogP contribution in [0, 0.1) is 24.0 Å². The van der Waals surface area contributed by atoms with Gasteiger partial charge in [-0.1, -0.05) is 41.6 Å². The van der Waals surface area contributed by atoms with Gasteiger partial charge in [0.2, 0.25) is 5.95 Å². The second kappa shape index (κ2) is 6.51. The predicted molar refractivity (Wildman–Crippen MR) is 82.0 cm³/mol. The summed E-state index contributed by atoms with van der Waals surface area (Å²) in [6, 6.07) is 7.97. The second-order valence-corrected chi connectivity index (χ2v) is 5.43. The minimum Gasteiger partial charge on any atom is -0.292 e. The largest absolute Gasteiger partial charge is 0.322 e. The Morgan fingerprint density at radius 3 is 2.76 bits per heavy atom. The third-order valence-electron chi connectivity index (χ3n) is 2.80. The van der Waals surface area contributed by atoms with Gasteiger partial charge in [0.1, 0.15) is 5.69 Å². The zero-order valence-corrected chi connectivity index (χ0v) is 12.5. The highest BCUT2D eigenvalue weighted by Crippen LogP contribution is 2.32. The summed E-state index contributed by atoms with van der Waals surface area (Å²) in [5.41, 5.74) is 4.75. The second-order valence-electron chi connectivity index (χ2n) is 4.47. The molecular formula is C13H15N5O2S. The minimum absolute atomic E-state index is 0.0772. The van der Waals surface area contributed by atoms with Crippen LogP contribution in [0.15, 0.2) is 29.3 Å². The van der Waals surface area contributed by atoms with Crippen molar-refractivity contribution in [3.63, 3.8) is 0 Å². The molecule has 0 amide bonds. The van der Waals surface area contributed by atoms with Crippen molar-refractivity contribution in [1.82, 2.24) is 9.97 Å². The Morgan fingerprint density at radius 2 is 2.14 bits per heavy atom. The fraction of sp³-hybridized carbons (Fsp3) is 0.231. The molecule has 3 N–H and O–H groups in total. The van der Waals surface area contributed by atoms with Gasteiger partial charge in [-0.15, -0.1) is 0 Å². The van der Waals surface area contributed by atoms with Crippen molar-refractivity contribution >= 4 is 23.4 Å². The highest BCUT2D eigenvalue weighted by atomic mass is 32.2. The summed E-state index contributed by atoms with van der Waals surface area (Å²) in [6.07, 6.45) is 0. The monoisotopic (exact) mass is 305 g/mol. The standard InChI is InChI=1S/C13H15N5O2S/c1-8-4-3-5-10(6-8)7-21-12-11(18(19)20)9(2)15-13(16-12)17-14/h3-6H,7,14H2,1-2H3,(H,15,16,17). The van der Waals surface area contributed by atoms with Crippen LogP contribution in [-0.4, -0.2) is 14.9 Å². The molecule has 1 aromatic heterocycles. The lowest BCUT2D eigenvalue weighted by molar-refractivity contribution is -0.389. The van der Waals surface area contributed by atoms with Crippen molar-refractivity contribution in [1.29, 1.82) is 0 Å². The molecule has 0 unspecified atom stereocenters. The first-order valence-electron chi connectivity index (χ1n) is 6.19. The van der Waals surface area contributed by atoms with Crippen molar-refractivity contribution in [3.8, 4) is 0 Å². The fourth-order valence-corrected chi connectivity index (χ4v) is 2.86. The molecule has 0 aliphatic rings. The molecule has 0 bridgehead atoms. The maximum atomic E-state index is 11.2. The zero-order chi connectivity index (χ0) is 15.4. The average molecular weight is 305 g/mol. The van der Waals surface area contributed by atoms with E-state index in [4.69, 9.17) is 5.84 Å². The normalized spacial score (nSPS) is 10.4. The van der Waals surface area contributed by atoms with Gasteiger partial charge in [0.05, 0.1) is 4.92 Å². The van der Waals surface area contributed by atoms with Crippen LogP contribution >= 0.6 is 11.8 Å². The fourth-order valence-electron chi connectivity index (χ4n) is 1.87. The molecule has 1 aromatic carbocycles. The van der Waals surface area contributed by atoms with Gasteiger partial charge in [-0.25, -0.2) is 10.8 Å². The van der Waals surface area contributed by atoms with Gasteiger partial charge >= 0.3 is 5.69 Å². The third kappa shape index (κ3) is 3.67. The Labute approximate surface area is 126 Å². The summed E-state index contributed by atoms with van der Waals surface area (Å²) in [5, 5.41) is 11.5. The van der Waals surface area contributed by atoms with Crippen molar-refractivity contribution in [2.45, 2.75) is 24.6 Å². The molecule has 2 rings (SSSR count). The number of hydrazine groups is 1. The van der Waals surface area contributed by atoms with E-state index < -0.39 is 4.92 Å². The molecule has 0 aliphatic heterocycles. The third-order valence-corrected chi connectivity index (χ3v) is 3.83. The van der Waals surface area contributed by atoms with Gasteiger partial charge < -0.3 is 0 Å². The number of nitrogen functional groups attached to an aromatic ring is 1. The van der Waals surface area contributed by atoms with Gasteiger partial charge in [0, 0.05) is 5.75 Å². The van der Waals surface area contributed by atoms with Crippen molar-refractivity contribution in [2.75, 3.05) is 5.43 Å². The van der Waals surface area contributed by atoms with Crippen LogP contribution in [0.4, 0.5) is 11.6 Å². The lowest BCUT2D eigenvalue weighted by atomic mass is 10.2. The van der Waals surface area contributed by atoms with E-state index in [1.807, 2.05) is 31.2 Å². The van der Waals surface area contributed by atoms with E-state index in [1.165, 1.54) is 11.8 Å². The van der Waals surface area contributed by atoms with E-state index in [2.05, 4.69) is 15.4 Å². The van der Waals surface area contributed by atoms with Crippen LogP contribution in [0.2, 0.25) is 0 Å². The predicted octanol–water partition coefficient (Wildman–Crippen LogP) is 2.58. The summed E-state index contributed by atoms with van der Waals surface area (Å²) >= 11 is 1.29. The number of thioether (sulfide) groups is 1. The van der Waals surface area contributed by atoms with E-state index in [-0.39, 0.29) is 17.3 Å². The summed E-state index contributed by atoms with van der Waals surface area (Å²) < 4.78 is 0. The summed E-state index contributed by atoms with van der Waals surface area (Å²) in [6.45, 7) is 3.57. The number of nitrogens with zero attached hydrogens (tertiary/aromatic N) is 3. The molecule has 8 heteroatoms. The Hall–Kier alpha value is -2.19. The number of benzene rings is 1. The van der Waals surface area contributed by atoms with Crippen molar-refractivity contribution < 1.29 is 4.92 Å². The number of hydrogen-bond acceptors (Lipinski definition) is 7. The first-order chi connectivity index (χ1) is 10.0. The van der Waals surface area contributed by atoms with E-state index >= 15 is 0 Å². The van der Waals surface area contributed by atoms with Crippen LogP contribution < -0.4 is 11.3 Å². The van der Waals surface area contributed by atoms with Crippen molar-refractivity contribution in [2.24, 2.45) is 5.84 Å². The lowest BCUT2D eigenvalue weighted by Gasteiger charge is -2.07. The molecule has 1 heterocycles. The first kappa shape index (κ1) is 15.2. The molecule has 0 fully saturated rings. The highest BCUT2D eigenvalue weighted by Gasteiger charge is 2.22. The smallest absolute Gasteiger partial charge is 0.292 e. The molecule has 0 aliphatic carbocycles. The number of aromatic nitrogens is 2. The van der Waals surface area contributed by atoms with Gasteiger partial charge in [0.25, 0.3) is 0 Å². The van der Waals surface area contributed by atoms with Gasteiger partial charge in [-0.05, 0) is 19.4 Å². The summed E-state index contributed by atoms with van der Waals surface area (Å²) in [4.78, 5) is 18.7. The van der Waals surface area contributed by atoms with Crippen LogP contribution in [0.25, 0.3) is 0 Å². The minimum atomic E-state index is -0.464. The number of rotatable bonds is 5. The molecule has 21 heavy (non-hydrogen) atoms. The van der Waals surface area contributed by atoms with E-state index in [0.717, 1.165) is 11.1 Å². The summed E-state index contributed by atoms with van der Waals surface area (Å²) in [5.74, 6) is 6.04. The Morgan fingerprint density at radius 1 is 1.38 bits per heavy atom. The Kier molecular flexibility index (Phi) is 4.71. The SMILES string of the molecule is Cc1cccc(CSc2nc(NN)nc(C)c2[N+](=O)[O-])c1. The average Bonchev–Trinajstić information content (AvgIpc) is 2.44. The van der Waals surface area contributed by atoms with Gasteiger partial charge in [-0.3, -0.25) is 15.5 Å². The van der Waals surface area contributed by atoms with Gasteiger partial charge in [0.15, 0.2) is 5.03 Å². The molecule has 0 radical (unpaired) electrons. The number of nitrogens with one attached hydrogen (secondary N) is 1. The topological polar surface area (TPSA) is 107 Å². The van der Waals surface area contributed by atoms with Gasteiger partial charge in [-0.2, -0.15) is 4.98 Å². The van der Waals surface area contributed by atoms with Crippen molar-refractivity contribution in [3.05, 3.63) is 51.2 Å². The molecular weight excluding hydrogens is 290 g/mol. The maximum Gasteiger partial charge on any atom is 0.322 e. The lowest BCUT2D eigenvalue weighted by Crippen LogP contribution is -2.12. The molecule has 0 saturated heterocycles. The molecule has 110 valence electrons. The highest BCUT2D eigenvalue weighted by molar-refractivity contribution is 7.98. The zero-order valence-electron chi connectivity index (χ0n) is 11.7. The van der Waals surface area contributed by atoms with Crippen LogP contribution in [0.5, 0.6) is 0 Å². The number of hydrogen-bond donors (Lipinski definition) is 2.